The summed E-state index contributed by atoms with van der Waals surface area (Å²) in [5, 5.41) is 19.9. The lowest BCUT2D eigenvalue weighted by Crippen LogP contribution is -2.34. The molecule has 154 valence electrons. The van der Waals surface area contributed by atoms with Gasteiger partial charge in [0.15, 0.2) is 0 Å². The van der Waals surface area contributed by atoms with Gasteiger partial charge in [-0.3, -0.25) is 19.7 Å². The highest BCUT2D eigenvalue weighted by Gasteiger charge is 2.16. The second kappa shape index (κ2) is 8.95. The summed E-state index contributed by atoms with van der Waals surface area (Å²) in [7, 11) is 0. The van der Waals surface area contributed by atoms with Gasteiger partial charge in [-0.1, -0.05) is 28.9 Å². The molecule has 0 saturated heterocycles. The molecule has 2 aromatic carbocycles. The number of aromatic nitrogens is 2. The molecule has 3 rings (SSSR count). The van der Waals surface area contributed by atoms with Gasteiger partial charge in [-0.25, -0.2) is 0 Å². The lowest BCUT2D eigenvalue weighted by Gasteiger charge is -2.06. The number of hydrogen-bond acceptors (Lipinski definition) is 7. The minimum atomic E-state index is -0.554. The number of nitrogens with one attached hydrogen (secondary N) is 2. The molecule has 10 nitrogen and oxygen atoms in total. The number of carbonyl (C=O) groups is 2. The van der Waals surface area contributed by atoms with Crippen molar-refractivity contribution in [3.05, 3.63) is 75.2 Å². The van der Waals surface area contributed by atoms with Crippen molar-refractivity contribution in [2.45, 2.75) is 13.8 Å². The summed E-state index contributed by atoms with van der Waals surface area (Å²) in [6.45, 7) is 3.78. The van der Waals surface area contributed by atoms with Crippen LogP contribution in [0.3, 0.4) is 0 Å². The van der Waals surface area contributed by atoms with Crippen LogP contribution >= 0.6 is 0 Å². The van der Waals surface area contributed by atoms with Crippen LogP contribution in [0, 0.1) is 24.0 Å². The van der Waals surface area contributed by atoms with Crippen LogP contribution in [-0.4, -0.2) is 40.0 Å². The lowest BCUT2D eigenvalue weighted by molar-refractivity contribution is -0.385. The molecule has 3 aromatic rings. The molecule has 2 amide bonds. The van der Waals surface area contributed by atoms with E-state index in [4.69, 9.17) is 4.52 Å². The zero-order chi connectivity index (χ0) is 21.7. The van der Waals surface area contributed by atoms with Gasteiger partial charge >= 0.3 is 11.8 Å². The first-order chi connectivity index (χ1) is 14.3. The Bertz CT molecular complexity index is 1110. The van der Waals surface area contributed by atoms with Crippen molar-refractivity contribution < 1.29 is 19.0 Å². The fourth-order valence-corrected chi connectivity index (χ4v) is 2.75. The number of benzene rings is 2. The van der Waals surface area contributed by atoms with Gasteiger partial charge in [-0.2, -0.15) is 4.98 Å². The lowest BCUT2D eigenvalue weighted by atomic mass is 10.1. The molecular weight excluding hydrogens is 390 g/mol. The Morgan fingerprint density at radius 3 is 2.47 bits per heavy atom. The van der Waals surface area contributed by atoms with Crippen molar-refractivity contribution in [3.8, 4) is 11.4 Å². The number of amides is 2. The molecule has 0 aliphatic heterocycles. The van der Waals surface area contributed by atoms with Gasteiger partial charge in [0.25, 0.3) is 11.6 Å². The molecule has 10 heteroatoms. The molecule has 0 radical (unpaired) electrons. The molecule has 0 aliphatic rings. The number of aryl methyl sites for hydroxylation is 2. The number of nitro groups is 1. The molecule has 0 saturated carbocycles. The molecule has 0 atom stereocenters. The molecular formula is C20H19N5O5. The molecule has 0 bridgehead atoms. The SMILES string of the molecule is Cc1cccc(-c2noc(C(=O)NCCNC(=O)c3ccc([N+](=O)[O-])c(C)c3)n2)c1. The van der Waals surface area contributed by atoms with Gasteiger partial charge in [0, 0.05) is 35.8 Å². The van der Waals surface area contributed by atoms with E-state index in [9.17, 15) is 19.7 Å². The van der Waals surface area contributed by atoms with E-state index in [1.807, 2.05) is 31.2 Å². The van der Waals surface area contributed by atoms with Crippen LogP contribution in [0.25, 0.3) is 11.4 Å². The summed E-state index contributed by atoms with van der Waals surface area (Å²) in [6, 6.07) is 11.6. The summed E-state index contributed by atoms with van der Waals surface area (Å²) < 4.78 is 5.00. The number of nitrogens with zero attached hydrogens (tertiary/aromatic N) is 3. The maximum absolute atomic E-state index is 12.1. The number of nitro benzene ring substituents is 1. The maximum Gasteiger partial charge on any atom is 0.316 e. The molecule has 0 aliphatic carbocycles. The molecule has 0 unspecified atom stereocenters. The summed E-state index contributed by atoms with van der Waals surface area (Å²) in [4.78, 5) is 38.7. The molecule has 1 heterocycles. The Hall–Kier alpha value is -4.08. The van der Waals surface area contributed by atoms with E-state index in [2.05, 4.69) is 20.8 Å². The highest BCUT2D eigenvalue weighted by molar-refractivity contribution is 5.94. The Morgan fingerprint density at radius 2 is 1.80 bits per heavy atom. The Balaban J connectivity index is 1.50. The average Bonchev–Trinajstić information content (AvgIpc) is 3.21. The van der Waals surface area contributed by atoms with E-state index in [0.717, 1.165) is 11.1 Å². The summed E-state index contributed by atoms with van der Waals surface area (Å²) in [5.41, 5.74) is 2.40. The predicted octanol–water partition coefficient (Wildman–Crippen LogP) is 2.42. The van der Waals surface area contributed by atoms with E-state index in [1.54, 1.807) is 6.92 Å². The zero-order valence-electron chi connectivity index (χ0n) is 16.3. The first-order valence-electron chi connectivity index (χ1n) is 9.07. The minimum Gasteiger partial charge on any atom is -0.350 e. The van der Waals surface area contributed by atoms with Gasteiger partial charge in [0.05, 0.1) is 4.92 Å². The first-order valence-corrected chi connectivity index (χ1v) is 9.07. The summed E-state index contributed by atoms with van der Waals surface area (Å²) in [5.74, 6) is -0.821. The van der Waals surface area contributed by atoms with Crippen LogP contribution in [-0.2, 0) is 0 Å². The average molecular weight is 409 g/mol. The van der Waals surface area contributed by atoms with Crippen LogP contribution in [0.4, 0.5) is 5.69 Å². The van der Waals surface area contributed by atoms with Crippen molar-refractivity contribution >= 4 is 17.5 Å². The van der Waals surface area contributed by atoms with Gasteiger partial charge in [0.1, 0.15) is 0 Å². The van der Waals surface area contributed by atoms with Gasteiger partial charge in [-0.15, -0.1) is 0 Å². The molecule has 0 spiro atoms. The van der Waals surface area contributed by atoms with Crippen LogP contribution in [0.1, 0.15) is 32.2 Å². The zero-order valence-corrected chi connectivity index (χ0v) is 16.3. The monoisotopic (exact) mass is 409 g/mol. The smallest absolute Gasteiger partial charge is 0.316 e. The highest BCUT2D eigenvalue weighted by atomic mass is 16.6. The van der Waals surface area contributed by atoms with Crippen LogP contribution < -0.4 is 10.6 Å². The predicted molar refractivity (Wildman–Crippen MR) is 107 cm³/mol. The van der Waals surface area contributed by atoms with E-state index in [1.165, 1.54) is 18.2 Å². The minimum absolute atomic E-state index is 0.0524. The maximum atomic E-state index is 12.1. The third kappa shape index (κ3) is 4.85. The van der Waals surface area contributed by atoms with E-state index < -0.39 is 16.7 Å². The topological polar surface area (TPSA) is 140 Å². The summed E-state index contributed by atoms with van der Waals surface area (Å²) in [6.07, 6.45) is 0. The number of rotatable bonds is 7. The molecule has 1 aromatic heterocycles. The van der Waals surface area contributed by atoms with Crippen molar-refractivity contribution in [2.75, 3.05) is 13.1 Å². The van der Waals surface area contributed by atoms with Crippen LogP contribution in [0.2, 0.25) is 0 Å². The van der Waals surface area contributed by atoms with Crippen molar-refractivity contribution in [1.29, 1.82) is 0 Å². The fourth-order valence-electron chi connectivity index (χ4n) is 2.75. The number of hydrogen-bond donors (Lipinski definition) is 2. The Labute approximate surface area is 171 Å². The quantitative estimate of drug-likeness (QED) is 0.347. The third-order valence-electron chi connectivity index (χ3n) is 4.25. The fraction of sp³-hybridized carbons (Fsp3) is 0.200. The van der Waals surface area contributed by atoms with E-state index in [0.29, 0.717) is 17.0 Å². The first kappa shape index (κ1) is 20.6. The standard InChI is InChI=1S/C20H19N5O5/c1-12-4-3-5-14(10-12)17-23-20(30-24-17)19(27)22-9-8-21-18(26)15-6-7-16(25(28)29)13(2)11-15/h3-7,10-11H,8-9H2,1-2H3,(H,21,26)(H,22,27). The van der Waals surface area contributed by atoms with Crippen molar-refractivity contribution in [3.63, 3.8) is 0 Å². The number of carbonyl (C=O) groups excluding carboxylic acids is 2. The van der Waals surface area contributed by atoms with E-state index in [-0.39, 0.29) is 24.7 Å². The van der Waals surface area contributed by atoms with Crippen molar-refractivity contribution in [2.24, 2.45) is 0 Å². The largest absolute Gasteiger partial charge is 0.350 e. The molecule has 30 heavy (non-hydrogen) atoms. The molecule has 2 N–H and O–H groups in total. The van der Waals surface area contributed by atoms with Gasteiger partial charge < -0.3 is 15.2 Å². The van der Waals surface area contributed by atoms with Crippen molar-refractivity contribution in [1.82, 2.24) is 20.8 Å². The summed E-state index contributed by atoms with van der Waals surface area (Å²) >= 11 is 0. The second-order valence-corrected chi connectivity index (χ2v) is 6.56. The Kier molecular flexibility index (Phi) is 6.16. The third-order valence-corrected chi connectivity index (χ3v) is 4.25. The normalized spacial score (nSPS) is 10.5. The van der Waals surface area contributed by atoms with E-state index >= 15 is 0 Å². The molecule has 0 fully saturated rings. The van der Waals surface area contributed by atoms with Crippen LogP contribution in [0.5, 0.6) is 0 Å². The second-order valence-electron chi connectivity index (χ2n) is 6.56. The highest BCUT2D eigenvalue weighted by Crippen LogP contribution is 2.19. The van der Waals surface area contributed by atoms with Gasteiger partial charge in [0.2, 0.25) is 5.82 Å². The Morgan fingerprint density at radius 1 is 1.07 bits per heavy atom. The van der Waals surface area contributed by atoms with Crippen LogP contribution in [0.15, 0.2) is 47.0 Å². The van der Waals surface area contributed by atoms with Gasteiger partial charge in [-0.05, 0) is 32.0 Å².